The van der Waals surface area contributed by atoms with Gasteiger partial charge < -0.3 is 19.5 Å². The van der Waals surface area contributed by atoms with Crippen molar-refractivity contribution in [3.63, 3.8) is 0 Å². The van der Waals surface area contributed by atoms with Crippen LogP contribution >= 0.6 is 11.3 Å². The van der Waals surface area contributed by atoms with E-state index in [-0.39, 0.29) is 6.04 Å². The SMILES string of the molecule is C[C@H](Nc1nc(CN2CCOCC2)nc2sc3c(c12)CCC3)c1ccc2c(c1)OCO2. The number of benzene rings is 1. The number of aromatic nitrogens is 2. The highest BCUT2D eigenvalue weighted by Gasteiger charge is 2.24. The molecule has 0 radical (unpaired) electrons. The van der Waals surface area contributed by atoms with Crippen molar-refractivity contribution < 1.29 is 14.2 Å². The molecule has 162 valence electrons. The zero-order chi connectivity index (χ0) is 20.8. The molecule has 7 nitrogen and oxygen atoms in total. The lowest BCUT2D eigenvalue weighted by Gasteiger charge is -2.26. The summed E-state index contributed by atoms with van der Waals surface area (Å²) in [7, 11) is 0. The molecule has 3 aromatic rings. The van der Waals surface area contributed by atoms with Crippen LogP contribution in [0.25, 0.3) is 10.2 Å². The maximum atomic E-state index is 5.57. The Morgan fingerprint density at radius 1 is 1.13 bits per heavy atom. The number of fused-ring (bicyclic) bond motifs is 4. The molecule has 1 fully saturated rings. The Morgan fingerprint density at radius 2 is 2.00 bits per heavy atom. The number of morpholine rings is 1. The summed E-state index contributed by atoms with van der Waals surface area (Å²) < 4.78 is 16.5. The lowest BCUT2D eigenvalue weighted by atomic mass is 10.1. The Morgan fingerprint density at radius 3 is 2.90 bits per heavy atom. The summed E-state index contributed by atoms with van der Waals surface area (Å²) in [5, 5.41) is 4.92. The first-order valence-electron chi connectivity index (χ1n) is 11.0. The third kappa shape index (κ3) is 3.62. The van der Waals surface area contributed by atoms with Crippen molar-refractivity contribution in [3.05, 3.63) is 40.0 Å². The van der Waals surface area contributed by atoms with Gasteiger partial charge in [0.25, 0.3) is 0 Å². The van der Waals surface area contributed by atoms with Crippen LogP contribution in [0, 0.1) is 0 Å². The fraction of sp³-hybridized carbons (Fsp3) is 0.478. The minimum Gasteiger partial charge on any atom is -0.454 e. The number of ether oxygens (including phenoxy) is 3. The zero-order valence-corrected chi connectivity index (χ0v) is 18.5. The first kappa shape index (κ1) is 19.3. The Hall–Kier alpha value is -2.42. The summed E-state index contributed by atoms with van der Waals surface area (Å²) in [4.78, 5) is 15.0. The third-order valence-electron chi connectivity index (χ3n) is 6.33. The highest BCUT2D eigenvalue weighted by atomic mass is 32.1. The fourth-order valence-electron chi connectivity index (χ4n) is 4.65. The molecule has 1 atom stereocenters. The molecular formula is C23H26N4O3S. The van der Waals surface area contributed by atoms with Gasteiger partial charge in [-0.1, -0.05) is 6.07 Å². The van der Waals surface area contributed by atoms with E-state index in [0.29, 0.717) is 6.79 Å². The van der Waals surface area contributed by atoms with Crippen molar-refractivity contribution in [3.8, 4) is 11.5 Å². The van der Waals surface area contributed by atoms with Gasteiger partial charge in [-0.05, 0) is 49.4 Å². The molecule has 0 unspecified atom stereocenters. The fourth-order valence-corrected chi connectivity index (χ4v) is 5.93. The average Bonchev–Trinajstić information content (AvgIpc) is 3.49. The Kier molecular flexibility index (Phi) is 4.93. The van der Waals surface area contributed by atoms with Gasteiger partial charge in [-0.25, -0.2) is 9.97 Å². The van der Waals surface area contributed by atoms with E-state index < -0.39 is 0 Å². The number of hydrogen-bond donors (Lipinski definition) is 1. The van der Waals surface area contributed by atoms with Crippen molar-refractivity contribution in [1.82, 2.24) is 14.9 Å². The van der Waals surface area contributed by atoms with Gasteiger partial charge >= 0.3 is 0 Å². The number of thiophene rings is 1. The molecule has 0 spiro atoms. The minimum atomic E-state index is 0.0841. The molecule has 6 rings (SSSR count). The van der Waals surface area contributed by atoms with Crippen molar-refractivity contribution >= 4 is 27.4 Å². The van der Waals surface area contributed by atoms with E-state index in [0.717, 1.165) is 79.2 Å². The summed E-state index contributed by atoms with van der Waals surface area (Å²) in [5.74, 6) is 3.46. The van der Waals surface area contributed by atoms with Crippen molar-refractivity contribution in [2.75, 3.05) is 38.4 Å². The van der Waals surface area contributed by atoms with Crippen LogP contribution in [0.2, 0.25) is 0 Å². The number of nitrogens with zero attached hydrogens (tertiary/aromatic N) is 3. The summed E-state index contributed by atoms with van der Waals surface area (Å²) in [6.07, 6.45) is 3.50. The maximum Gasteiger partial charge on any atom is 0.231 e. The van der Waals surface area contributed by atoms with Crippen LogP contribution in [0.1, 0.15) is 41.2 Å². The highest BCUT2D eigenvalue weighted by Crippen LogP contribution is 2.41. The van der Waals surface area contributed by atoms with Gasteiger partial charge in [-0.3, -0.25) is 4.90 Å². The summed E-state index contributed by atoms with van der Waals surface area (Å²) in [6.45, 7) is 6.63. The van der Waals surface area contributed by atoms with Crippen LogP contribution in [-0.2, 0) is 24.1 Å². The molecule has 1 saturated heterocycles. The molecule has 8 heteroatoms. The van der Waals surface area contributed by atoms with Crippen LogP contribution in [0.3, 0.4) is 0 Å². The summed E-state index contributed by atoms with van der Waals surface area (Å²) >= 11 is 1.85. The Bertz CT molecular complexity index is 1130. The predicted octanol–water partition coefficient (Wildman–Crippen LogP) is 3.91. The number of hydrogen-bond acceptors (Lipinski definition) is 8. The lowest BCUT2D eigenvalue weighted by Crippen LogP contribution is -2.36. The molecule has 2 aliphatic heterocycles. The van der Waals surface area contributed by atoms with Gasteiger partial charge in [-0.2, -0.15) is 0 Å². The van der Waals surface area contributed by atoms with E-state index in [1.807, 2.05) is 17.4 Å². The molecule has 1 N–H and O–H groups in total. The average molecular weight is 439 g/mol. The zero-order valence-electron chi connectivity index (χ0n) is 17.6. The Balaban J connectivity index is 1.34. The number of aryl methyl sites for hydroxylation is 2. The van der Waals surface area contributed by atoms with E-state index in [1.165, 1.54) is 22.2 Å². The second-order valence-electron chi connectivity index (χ2n) is 8.39. The van der Waals surface area contributed by atoms with E-state index in [4.69, 9.17) is 24.2 Å². The number of nitrogens with one attached hydrogen (secondary N) is 1. The van der Waals surface area contributed by atoms with Crippen LogP contribution in [-0.4, -0.2) is 48.0 Å². The van der Waals surface area contributed by atoms with E-state index in [2.05, 4.69) is 29.3 Å². The molecule has 0 bridgehead atoms. The quantitative estimate of drug-likeness (QED) is 0.648. The highest BCUT2D eigenvalue weighted by molar-refractivity contribution is 7.19. The standard InChI is InChI=1S/C23H26N4O3S/c1-14(15-5-6-17-18(11-15)30-13-29-17)24-22-21-16-3-2-4-19(16)31-23(21)26-20(25-22)12-27-7-9-28-10-8-27/h5-6,11,14H,2-4,7-10,12-13H2,1H3,(H,24,25,26)/t14-/m0/s1. The van der Waals surface area contributed by atoms with Crippen molar-refractivity contribution in [2.45, 2.75) is 38.8 Å². The van der Waals surface area contributed by atoms with Gasteiger partial charge in [0.2, 0.25) is 6.79 Å². The van der Waals surface area contributed by atoms with Crippen LogP contribution in [0.4, 0.5) is 5.82 Å². The van der Waals surface area contributed by atoms with Crippen LogP contribution in [0.15, 0.2) is 18.2 Å². The number of anilines is 1. The number of rotatable bonds is 5. The summed E-state index contributed by atoms with van der Waals surface area (Å²) in [5.41, 5.74) is 2.59. The van der Waals surface area contributed by atoms with Crippen LogP contribution < -0.4 is 14.8 Å². The maximum absolute atomic E-state index is 5.57. The second-order valence-corrected chi connectivity index (χ2v) is 9.48. The molecule has 1 aromatic carbocycles. The molecule has 3 aliphatic rings. The van der Waals surface area contributed by atoms with Gasteiger partial charge in [0.1, 0.15) is 16.5 Å². The molecular weight excluding hydrogens is 412 g/mol. The van der Waals surface area contributed by atoms with Crippen LogP contribution in [0.5, 0.6) is 11.5 Å². The molecule has 2 aromatic heterocycles. The first-order valence-corrected chi connectivity index (χ1v) is 11.8. The van der Waals surface area contributed by atoms with E-state index >= 15 is 0 Å². The van der Waals surface area contributed by atoms with Crippen molar-refractivity contribution in [2.24, 2.45) is 0 Å². The van der Waals surface area contributed by atoms with E-state index in [1.54, 1.807) is 0 Å². The lowest BCUT2D eigenvalue weighted by molar-refractivity contribution is 0.0331. The molecule has 31 heavy (non-hydrogen) atoms. The smallest absolute Gasteiger partial charge is 0.231 e. The normalized spacial score (nSPS) is 19.0. The van der Waals surface area contributed by atoms with Gasteiger partial charge in [0.05, 0.1) is 31.2 Å². The molecule has 0 amide bonds. The summed E-state index contributed by atoms with van der Waals surface area (Å²) in [6, 6.07) is 6.22. The van der Waals surface area contributed by atoms with Gasteiger partial charge in [0, 0.05) is 18.0 Å². The first-order chi connectivity index (χ1) is 15.2. The van der Waals surface area contributed by atoms with Gasteiger partial charge in [-0.15, -0.1) is 11.3 Å². The van der Waals surface area contributed by atoms with E-state index in [9.17, 15) is 0 Å². The van der Waals surface area contributed by atoms with Gasteiger partial charge in [0.15, 0.2) is 11.5 Å². The molecule has 4 heterocycles. The topological polar surface area (TPSA) is 68.7 Å². The second kappa shape index (κ2) is 7.93. The van der Waals surface area contributed by atoms with Crippen molar-refractivity contribution in [1.29, 1.82) is 0 Å². The predicted molar refractivity (Wildman–Crippen MR) is 120 cm³/mol. The molecule has 0 saturated carbocycles. The minimum absolute atomic E-state index is 0.0841. The monoisotopic (exact) mass is 438 g/mol. The Labute approximate surface area is 185 Å². The largest absolute Gasteiger partial charge is 0.454 e. The third-order valence-corrected chi connectivity index (χ3v) is 7.52. The molecule has 1 aliphatic carbocycles.